The number of benzene rings is 2. The molecule has 0 fully saturated rings. The van der Waals surface area contributed by atoms with E-state index in [0.717, 1.165) is 25.9 Å². The van der Waals surface area contributed by atoms with E-state index in [0.29, 0.717) is 0 Å². The zero-order valence-corrected chi connectivity index (χ0v) is 11.7. The summed E-state index contributed by atoms with van der Waals surface area (Å²) in [6, 6.07) is 19.1. The van der Waals surface area contributed by atoms with Crippen LogP contribution in [0, 0.1) is 0 Å². The van der Waals surface area contributed by atoms with Crippen LogP contribution in [0.4, 0.5) is 0 Å². The highest BCUT2D eigenvalue weighted by molar-refractivity contribution is 5.31. The third-order valence-electron chi connectivity index (χ3n) is 3.95. The SMILES string of the molecule is NC(Cc1ccccc1)CC1OCCc2ccccc21. The summed E-state index contributed by atoms with van der Waals surface area (Å²) in [4.78, 5) is 0. The lowest BCUT2D eigenvalue weighted by atomic mass is 9.92. The molecule has 1 aliphatic rings. The molecule has 0 amide bonds. The molecule has 1 aliphatic heterocycles. The van der Waals surface area contributed by atoms with E-state index in [-0.39, 0.29) is 12.1 Å². The van der Waals surface area contributed by atoms with Gasteiger partial charge in [0.05, 0.1) is 12.7 Å². The Morgan fingerprint density at radius 2 is 1.80 bits per heavy atom. The summed E-state index contributed by atoms with van der Waals surface area (Å²) >= 11 is 0. The Hall–Kier alpha value is -1.64. The first-order chi connectivity index (χ1) is 9.83. The molecule has 1 heterocycles. The molecule has 2 N–H and O–H groups in total. The fourth-order valence-electron chi connectivity index (χ4n) is 2.95. The second-order valence-corrected chi connectivity index (χ2v) is 5.49. The molecule has 0 saturated heterocycles. The van der Waals surface area contributed by atoms with Gasteiger partial charge in [-0.3, -0.25) is 0 Å². The quantitative estimate of drug-likeness (QED) is 0.923. The maximum atomic E-state index is 6.31. The highest BCUT2D eigenvalue weighted by Crippen LogP contribution is 2.30. The van der Waals surface area contributed by atoms with Gasteiger partial charge in [-0.05, 0) is 36.0 Å². The zero-order chi connectivity index (χ0) is 13.8. The van der Waals surface area contributed by atoms with Gasteiger partial charge < -0.3 is 10.5 Å². The van der Waals surface area contributed by atoms with Gasteiger partial charge in [0.15, 0.2) is 0 Å². The first-order valence-corrected chi connectivity index (χ1v) is 7.32. The van der Waals surface area contributed by atoms with Crippen LogP contribution in [0.3, 0.4) is 0 Å². The summed E-state index contributed by atoms with van der Waals surface area (Å²) in [6.07, 6.45) is 2.95. The van der Waals surface area contributed by atoms with Crippen molar-refractivity contribution < 1.29 is 4.74 Å². The molecular formula is C18H21NO. The second-order valence-electron chi connectivity index (χ2n) is 5.49. The zero-order valence-electron chi connectivity index (χ0n) is 11.7. The molecule has 2 aromatic rings. The van der Waals surface area contributed by atoms with E-state index in [1.165, 1.54) is 16.7 Å². The average Bonchev–Trinajstić information content (AvgIpc) is 2.48. The molecule has 0 radical (unpaired) electrons. The van der Waals surface area contributed by atoms with E-state index in [4.69, 9.17) is 10.5 Å². The highest BCUT2D eigenvalue weighted by Gasteiger charge is 2.22. The third kappa shape index (κ3) is 3.09. The van der Waals surface area contributed by atoms with Gasteiger partial charge in [0.25, 0.3) is 0 Å². The third-order valence-corrected chi connectivity index (χ3v) is 3.95. The number of ether oxygens (including phenoxy) is 1. The molecule has 2 unspecified atom stereocenters. The first kappa shape index (κ1) is 13.3. The Labute approximate surface area is 120 Å². The van der Waals surface area contributed by atoms with Crippen LogP contribution >= 0.6 is 0 Å². The Bertz CT molecular complexity index is 552. The van der Waals surface area contributed by atoms with Crippen molar-refractivity contribution in [3.8, 4) is 0 Å². The molecule has 0 saturated carbocycles. The molecule has 2 atom stereocenters. The van der Waals surface area contributed by atoms with Crippen LogP contribution in [0.2, 0.25) is 0 Å². The van der Waals surface area contributed by atoms with Crippen LogP contribution in [0.25, 0.3) is 0 Å². The van der Waals surface area contributed by atoms with Crippen molar-refractivity contribution in [2.24, 2.45) is 5.73 Å². The smallest absolute Gasteiger partial charge is 0.0842 e. The van der Waals surface area contributed by atoms with Gasteiger partial charge in [-0.15, -0.1) is 0 Å². The van der Waals surface area contributed by atoms with Gasteiger partial charge in [-0.1, -0.05) is 54.6 Å². The summed E-state index contributed by atoms with van der Waals surface area (Å²) in [7, 11) is 0. The van der Waals surface area contributed by atoms with Crippen molar-refractivity contribution in [3.63, 3.8) is 0 Å². The van der Waals surface area contributed by atoms with Gasteiger partial charge in [0.1, 0.15) is 0 Å². The monoisotopic (exact) mass is 267 g/mol. The fraction of sp³-hybridized carbons (Fsp3) is 0.333. The fourth-order valence-corrected chi connectivity index (χ4v) is 2.95. The van der Waals surface area contributed by atoms with Gasteiger partial charge in [-0.25, -0.2) is 0 Å². The summed E-state index contributed by atoms with van der Waals surface area (Å²) in [5.41, 5.74) is 10.3. The van der Waals surface area contributed by atoms with E-state index in [2.05, 4.69) is 48.5 Å². The lowest BCUT2D eigenvalue weighted by molar-refractivity contribution is 0.0321. The molecule has 0 aliphatic carbocycles. The van der Waals surface area contributed by atoms with E-state index in [1.54, 1.807) is 0 Å². The largest absolute Gasteiger partial charge is 0.373 e. The van der Waals surface area contributed by atoms with Crippen LogP contribution in [-0.2, 0) is 17.6 Å². The number of hydrogen-bond acceptors (Lipinski definition) is 2. The molecule has 0 aromatic heterocycles. The standard InChI is InChI=1S/C18H21NO/c19-16(12-14-6-2-1-3-7-14)13-18-17-9-5-4-8-15(17)10-11-20-18/h1-9,16,18H,10-13,19H2. The predicted molar refractivity (Wildman–Crippen MR) is 81.6 cm³/mol. The predicted octanol–water partition coefficient (Wildman–Crippen LogP) is 3.26. The maximum absolute atomic E-state index is 6.31. The average molecular weight is 267 g/mol. The molecule has 104 valence electrons. The second kappa shape index (κ2) is 6.21. The molecule has 0 bridgehead atoms. The van der Waals surface area contributed by atoms with Crippen LogP contribution in [0.1, 0.15) is 29.2 Å². The van der Waals surface area contributed by atoms with E-state index < -0.39 is 0 Å². The minimum Gasteiger partial charge on any atom is -0.373 e. The first-order valence-electron chi connectivity index (χ1n) is 7.32. The molecule has 3 rings (SSSR count). The van der Waals surface area contributed by atoms with E-state index >= 15 is 0 Å². The van der Waals surface area contributed by atoms with Crippen LogP contribution in [-0.4, -0.2) is 12.6 Å². The summed E-state index contributed by atoms with van der Waals surface area (Å²) < 4.78 is 5.93. The molecule has 20 heavy (non-hydrogen) atoms. The van der Waals surface area contributed by atoms with Gasteiger partial charge in [-0.2, -0.15) is 0 Å². The van der Waals surface area contributed by atoms with Crippen molar-refractivity contribution >= 4 is 0 Å². The normalized spacial score (nSPS) is 19.4. The number of fused-ring (bicyclic) bond motifs is 1. The van der Waals surface area contributed by atoms with Crippen molar-refractivity contribution in [1.82, 2.24) is 0 Å². The Kier molecular flexibility index (Phi) is 4.14. The van der Waals surface area contributed by atoms with E-state index in [1.807, 2.05) is 6.07 Å². The van der Waals surface area contributed by atoms with Crippen molar-refractivity contribution in [2.45, 2.75) is 31.4 Å². The Balaban J connectivity index is 1.66. The number of hydrogen-bond donors (Lipinski definition) is 1. The molecule has 2 nitrogen and oxygen atoms in total. The topological polar surface area (TPSA) is 35.2 Å². The van der Waals surface area contributed by atoms with Gasteiger partial charge in [0.2, 0.25) is 0 Å². The molecule has 2 heteroatoms. The van der Waals surface area contributed by atoms with Crippen LogP contribution in [0.15, 0.2) is 54.6 Å². The summed E-state index contributed by atoms with van der Waals surface area (Å²) in [5.74, 6) is 0. The number of rotatable bonds is 4. The summed E-state index contributed by atoms with van der Waals surface area (Å²) in [5, 5.41) is 0. The van der Waals surface area contributed by atoms with E-state index in [9.17, 15) is 0 Å². The Morgan fingerprint density at radius 3 is 2.65 bits per heavy atom. The molecule has 0 spiro atoms. The lowest BCUT2D eigenvalue weighted by Gasteiger charge is -2.28. The van der Waals surface area contributed by atoms with Gasteiger partial charge in [0, 0.05) is 6.04 Å². The Morgan fingerprint density at radius 1 is 1.05 bits per heavy atom. The molecule has 2 aromatic carbocycles. The van der Waals surface area contributed by atoms with Crippen molar-refractivity contribution in [2.75, 3.05) is 6.61 Å². The van der Waals surface area contributed by atoms with Crippen LogP contribution in [0.5, 0.6) is 0 Å². The van der Waals surface area contributed by atoms with Crippen molar-refractivity contribution in [3.05, 3.63) is 71.3 Å². The number of nitrogens with two attached hydrogens (primary N) is 1. The maximum Gasteiger partial charge on any atom is 0.0842 e. The van der Waals surface area contributed by atoms with Crippen LogP contribution < -0.4 is 5.73 Å². The highest BCUT2D eigenvalue weighted by atomic mass is 16.5. The lowest BCUT2D eigenvalue weighted by Crippen LogP contribution is -2.28. The molecular weight excluding hydrogens is 246 g/mol. The minimum absolute atomic E-state index is 0.133. The summed E-state index contributed by atoms with van der Waals surface area (Å²) in [6.45, 7) is 0.805. The van der Waals surface area contributed by atoms with Crippen molar-refractivity contribution in [1.29, 1.82) is 0 Å². The minimum atomic E-state index is 0.133. The van der Waals surface area contributed by atoms with Gasteiger partial charge >= 0.3 is 0 Å².